The van der Waals surface area contributed by atoms with E-state index in [1.165, 1.54) is 17.5 Å². The lowest BCUT2D eigenvalue weighted by atomic mass is 9.97. The fourth-order valence-corrected chi connectivity index (χ4v) is 3.51. The topological polar surface area (TPSA) is 97.8 Å². The summed E-state index contributed by atoms with van der Waals surface area (Å²) in [5.74, 6) is -0.224. The number of carbonyl (C=O) groups excluding carboxylic acids is 1. The molecular weight excluding hydrogens is 356 g/mol. The van der Waals surface area contributed by atoms with Gasteiger partial charge in [0.15, 0.2) is 11.5 Å². The molecule has 1 aromatic heterocycles. The number of aliphatic carboxylic acids is 1. The number of nitrogens with one attached hydrogen (secondary N) is 1. The van der Waals surface area contributed by atoms with Gasteiger partial charge in [-0.3, -0.25) is 9.59 Å². The van der Waals surface area contributed by atoms with Gasteiger partial charge < -0.3 is 19.9 Å². The Bertz CT molecular complexity index is 818. The molecule has 0 saturated heterocycles. The number of rotatable bonds is 7. The number of carboxylic acids is 1. The smallest absolute Gasteiger partial charge is 0.308 e. The van der Waals surface area contributed by atoms with Gasteiger partial charge in [0.2, 0.25) is 6.79 Å². The maximum atomic E-state index is 12.3. The number of hydrogen-bond acceptors (Lipinski definition) is 6. The molecule has 0 bridgehead atoms. The number of carbonyl (C=O) groups is 2. The molecule has 0 radical (unpaired) electrons. The van der Waals surface area contributed by atoms with E-state index in [4.69, 9.17) is 9.47 Å². The highest BCUT2D eigenvalue weighted by Crippen LogP contribution is 2.36. The van der Waals surface area contributed by atoms with E-state index < -0.39 is 11.9 Å². The van der Waals surface area contributed by atoms with Gasteiger partial charge in [-0.2, -0.15) is 0 Å². The number of nitrogens with zero attached hydrogens (tertiary/aromatic N) is 1. The SMILES string of the molecule is CC(C)CC(CNC(=O)c1cnc(-c2ccc3c(c2)OCO3)s1)C(=O)O. The van der Waals surface area contributed by atoms with Crippen LogP contribution < -0.4 is 14.8 Å². The van der Waals surface area contributed by atoms with E-state index in [2.05, 4.69) is 10.3 Å². The van der Waals surface area contributed by atoms with Crippen LogP contribution in [-0.4, -0.2) is 35.3 Å². The summed E-state index contributed by atoms with van der Waals surface area (Å²) in [6.45, 7) is 4.21. The maximum Gasteiger partial charge on any atom is 0.308 e. The summed E-state index contributed by atoms with van der Waals surface area (Å²) in [6, 6.07) is 5.49. The Balaban J connectivity index is 1.65. The highest BCUT2D eigenvalue weighted by Gasteiger charge is 2.21. The van der Waals surface area contributed by atoms with E-state index in [-0.39, 0.29) is 25.2 Å². The largest absolute Gasteiger partial charge is 0.481 e. The Morgan fingerprint density at radius 3 is 2.81 bits per heavy atom. The van der Waals surface area contributed by atoms with Crippen LogP contribution in [0.3, 0.4) is 0 Å². The first kappa shape index (κ1) is 18.2. The second kappa shape index (κ2) is 7.74. The lowest BCUT2D eigenvalue weighted by molar-refractivity contribution is -0.142. The minimum Gasteiger partial charge on any atom is -0.481 e. The molecule has 0 fully saturated rings. The molecule has 138 valence electrons. The van der Waals surface area contributed by atoms with Crippen LogP contribution in [0.2, 0.25) is 0 Å². The van der Waals surface area contributed by atoms with Gasteiger partial charge in [-0.15, -0.1) is 11.3 Å². The van der Waals surface area contributed by atoms with Crippen LogP contribution in [0.25, 0.3) is 10.6 Å². The highest BCUT2D eigenvalue weighted by atomic mass is 32.1. The molecule has 1 aliphatic heterocycles. The molecule has 1 aliphatic rings. The van der Waals surface area contributed by atoms with Gasteiger partial charge >= 0.3 is 5.97 Å². The van der Waals surface area contributed by atoms with Gasteiger partial charge in [0, 0.05) is 12.1 Å². The summed E-state index contributed by atoms with van der Waals surface area (Å²) < 4.78 is 10.6. The van der Waals surface area contributed by atoms with Crippen molar-refractivity contribution < 1.29 is 24.2 Å². The molecule has 26 heavy (non-hydrogen) atoms. The van der Waals surface area contributed by atoms with Crippen LogP contribution in [0.5, 0.6) is 11.5 Å². The van der Waals surface area contributed by atoms with Crippen molar-refractivity contribution in [1.29, 1.82) is 0 Å². The summed E-state index contributed by atoms with van der Waals surface area (Å²) in [6.07, 6.45) is 2.01. The molecule has 3 rings (SSSR count). The Morgan fingerprint density at radius 2 is 2.08 bits per heavy atom. The molecule has 1 amide bonds. The molecule has 1 unspecified atom stereocenters. The van der Waals surface area contributed by atoms with Gasteiger partial charge in [0.1, 0.15) is 9.88 Å². The Labute approximate surface area is 155 Å². The number of fused-ring (bicyclic) bond motifs is 1. The summed E-state index contributed by atoms with van der Waals surface area (Å²) in [5.41, 5.74) is 0.835. The van der Waals surface area contributed by atoms with Crippen molar-refractivity contribution in [2.24, 2.45) is 11.8 Å². The number of ether oxygens (including phenoxy) is 2. The molecule has 2 N–H and O–H groups in total. The van der Waals surface area contributed by atoms with Crippen molar-refractivity contribution in [3.63, 3.8) is 0 Å². The normalized spacial score (nSPS) is 13.7. The monoisotopic (exact) mass is 376 g/mol. The Morgan fingerprint density at radius 1 is 1.31 bits per heavy atom. The highest BCUT2D eigenvalue weighted by molar-refractivity contribution is 7.16. The number of hydrogen-bond donors (Lipinski definition) is 2. The van der Waals surface area contributed by atoms with Crippen LogP contribution >= 0.6 is 11.3 Å². The number of carboxylic acid groups (broad SMARTS) is 1. The number of aromatic nitrogens is 1. The number of amides is 1. The Kier molecular flexibility index (Phi) is 5.41. The summed E-state index contributed by atoms with van der Waals surface area (Å²) in [5, 5.41) is 12.6. The van der Waals surface area contributed by atoms with Crippen molar-refractivity contribution in [2.75, 3.05) is 13.3 Å². The standard InChI is InChI=1S/C18H20N2O5S/c1-10(2)5-12(18(22)23)7-19-16(21)15-8-20-17(26-15)11-3-4-13-14(6-11)25-9-24-13/h3-4,6,8,10,12H,5,7,9H2,1-2H3,(H,19,21)(H,22,23). The molecule has 0 spiro atoms. The summed E-state index contributed by atoms with van der Waals surface area (Å²) >= 11 is 1.25. The van der Waals surface area contributed by atoms with Crippen LogP contribution in [-0.2, 0) is 4.79 Å². The molecule has 1 atom stereocenters. The first-order chi connectivity index (χ1) is 12.4. The summed E-state index contributed by atoms with van der Waals surface area (Å²) in [4.78, 5) is 28.3. The molecule has 0 aliphatic carbocycles. The molecule has 2 aromatic rings. The average Bonchev–Trinajstić information content (AvgIpc) is 3.25. The fraction of sp³-hybridized carbons (Fsp3) is 0.389. The molecular formula is C18H20N2O5S. The first-order valence-electron chi connectivity index (χ1n) is 8.31. The third-order valence-corrected chi connectivity index (χ3v) is 5.01. The quantitative estimate of drug-likeness (QED) is 0.771. The second-order valence-electron chi connectivity index (χ2n) is 6.47. The number of thiazole rings is 1. The van der Waals surface area contributed by atoms with E-state index in [0.717, 1.165) is 5.56 Å². The van der Waals surface area contributed by atoms with E-state index in [0.29, 0.717) is 27.8 Å². The molecule has 0 saturated carbocycles. The van der Waals surface area contributed by atoms with Crippen LogP contribution in [0.1, 0.15) is 29.9 Å². The number of benzene rings is 1. The van der Waals surface area contributed by atoms with Crippen molar-refractivity contribution in [1.82, 2.24) is 10.3 Å². The van der Waals surface area contributed by atoms with Crippen LogP contribution in [0.4, 0.5) is 0 Å². The third kappa shape index (κ3) is 4.13. The van der Waals surface area contributed by atoms with E-state index >= 15 is 0 Å². The minimum atomic E-state index is -0.899. The first-order valence-corrected chi connectivity index (χ1v) is 9.12. The maximum absolute atomic E-state index is 12.3. The predicted octanol–water partition coefficient (Wildman–Crippen LogP) is 3.02. The van der Waals surface area contributed by atoms with Gasteiger partial charge in [0.25, 0.3) is 5.91 Å². The van der Waals surface area contributed by atoms with Gasteiger partial charge in [-0.05, 0) is 30.5 Å². The lowest BCUT2D eigenvalue weighted by Crippen LogP contribution is -2.33. The van der Waals surface area contributed by atoms with Gasteiger partial charge in [-0.25, -0.2) is 4.98 Å². The zero-order valence-corrected chi connectivity index (χ0v) is 15.3. The van der Waals surface area contributed by atoms with E-state index in [1.54, 1.807) is 0 Å². The third-order valence-electron chi connectivity index (χ3n) is 3.96. The summed E-state index contributed by atoms with van der Waals surface area (Å²) in [7, 11) is 0. The van der Waals surface area contributed by atoms with Crippen molar-refractivity contribution in [2.45, 2.75) is 20.3 Å². The second-order valence-corrected chi connectivity index (χ2v) is 7.50. The van der Waals surface area contributed by atoms with Crippen molar-refractivity contribution in [3.05, 3.63) is 29.3 Å². The fourth-order valence-electron chi connectivity index (χ4n) is 2.69. The van der Waals surface area contributed by atoms with Crippen molar-refractivity contribution >= 4 is 23.2 Å². The van der Waals surface area contributed by atoms with Crippen molar-refractivity contribution in [3.8, 4) is 22.1 Å². The zero-order chi connectivity index (χ0) is 18.7. The Hall–Kier alpha value is -2.61. The van der Waals surface area contributed by atoms with E-state index in [9.17, 15) is 14.7 Å². The lowest BCUT2D eigenvalue weighted by Gasteiger charge is -2.14. The van der Waals surface area contributed by atoms with Gasteiger partial charge in [0.05, 0.1) is 12.1 Å². The van der Waals surface area contributed by atoms with E-state index in [1.807, 2.05) is 32.0 Å². The molecule has 1 aromatic carbocycles. The molecule has 7 nitrogen and oxygen atoms in total. The van der Waals surface area contributed by atoms with Crippen LogP contribution in [0.15, 0.2) is 24.4 Å². The molecule has 8 heteroatoms. The minimum absolute atomic E-state index is 0.101. The zero-order valence-electron chi connectivity index (χ0n) is 14.5. The predicted molar refractivity (Wildman–Crippen MR) is 96.6 cm³/mol. The van der Waals surface area contributed by atoms with Gasteiger partial charge in [-0.1, -0.05) is 13.8 Å². The average molecular weight is 376 g/mol. The molecule has 2 heterocycles. The van der Waals surface area contributed by atoms with Crippen LogP contribution in [0, 0.1) is 11.8 Å².